The van der Waals surface area contributed by atoms with Crippen LogP contribution in [0.15, 0.2) is 48.5 Å². The number of ether oxygens (including phenoxy) is 1. The number of carbonyl (C=O) groups is 1. The predicted molar refractivity (Wildman–Crippen MR) is 96.2 cm³/mol. The van der Waals surface area contributed by atoms with Crippen LogP contribution in [-0.4, -0.2) is 31.0 Å². The van der Waals surface area contributed by atoms with E-state index in [1.165, 1.54) is 5.56 Å². The van der Waals surface area contributed by atoms with Crippen LogP contribution in [0.25, 0.3) is 0 Å². The third-order valence-corrected chi connectivity index (χ3v) is 4.72. The number of nitrogen functional groups attached to an aromatic ring is 1. The normalized spacial score (nSPS) is 15.3. The molecule has 0 saturated carbocycles. The number of nitrogens with two attached hydrogens (primary N) is 1. The van der Waals surface area contributed by atoms with Crippen molar-refractivity contribution in [2.75, 3.05) is 25.9 Å². The SMILES string of the molecule is COc1ccc(CC2CCN(C(=O)c3cccc(N)c3)CC2)cc1. The van der Waals surface area contributed by atoms with Crippen molar-refractivity contribution in [2.45, 2.75) is 19.3 Å². The summed E-state index contributed by atoms with van der Waals surface area (Å²) in [5, 5.41) is 0. The van der Waals surface area contributed by atoms with E-state index < -0.39 is 0 Å². The van der Waals surface area contributed by atoms with E-state index in [0.29, 0.717) is 17.2 Å². The number of methoxy groups -OCH3 is 1. The number of likely N-dealkylation sites (tertiary alicyclic amines) is 1. The van der Waals surface area contributed by atoms with Gasteiger partial charge < -0.3 is 15.4 Å². The number of nitrogens with zero attached hydrogens (tertiary/aromatic N) is 1. The van der Waals surface area contributed by atoms with Gasteiger partial charge in [0.15, 0.2) is 0 Å². The number of hydrogen-bond acceptors (Lipinski definition) is 3. The first-order valence-electron chi connectivity index (χ1n) is 8.43. The van der Waals surface area contributed by atoms with Crippen LogP contribution in [0.2, 0.25) is 0 Å². The van der Waals surface area contributed by atoms with Gasteiger partial charge in [-0.15, -0.1) is 0 Å². The van der Waals surface area contributed by atoms with Gasteiger partial charge in [-0.05, 0) is 61.1 Å². The second-order valence-corrected chi connectivity index (χ2v) is 6.41. The van der Waals surface area contributed by atoms with Crippen LogP contribution in [0.1, 0.15) is 28.8 Å². The summed E-state index contributed by atoms with van der Waals surface area (Å²) in [5.41, 5.74) is 8.42. The molecule has 0 spiro atoms. The fourth-order valence-electron chi connectivity index (χ4n) is 3.29. The Bertz CT molecular complexity index is 689. The number of anilines is 1. The maximum absolute atomic E-state index is 12.5. The number of amides is 1. The lowest BCUT2D eigenvalue weighted by Gasteiger charge is -2.32. The van der Waals surface area contributed by atoms with Gasteiger partial charge >= 0.3 is 0 Å². The van der Waals surface area contributed by atoms with Crippen LogP contribution in [0.3, 0.4) is 0 Å². The Morgan fingerprint density at radius 3 is 2.50 bits per heavy atom. The van der Waals surface area contributed by atoms with E-state index in [-0.39, 0.29) is 5.91 Å². The largest absolute Gasteiger partial charge is 0.497 e. The average Bonchev–Trinajstić information content (AvgIpc) is 2.62. The summed E-state index contributed by atoms with van der Waals surface area (Å²) in [5.74, 6) is 1.61. The Kier molecular flexibility index (Phi) is 5.04. The van der Waals surface area contributed by atoms with Crippen molar-refractivity contribution in [1.82, 2.24) is 4.90 Å². The average molecular weight is 324 g/mol. The third-order valence-electron chi connectivity index (χ3n) is 4.72. The number of hydrogen-bond donors (Lipinski definition) is 1. The summed E-state index contributed by atoms with van der Waals surface area (Å²) in [6.07, 6.45) is 3.14. The molecule has 4 nitrogen and oxygen atoms in total. The standard InChI is InChI=1S/C20H24N2O2/c1-24-19-7-5-15(6-8-19)13-16-9-11-22(12-10-16)20(23)17-3-2-4-18(21)14-17/h2-8,14,16H,9-13,21H2,1H3. The van der Waals surface area contributed by atoms with E-state index in [1.807, 2.05) is 29.2 Å². The van der Waals surface area contributed by atoms with E-state index in [0.717, 1.165) is 38.1 Å². The summed E-state index contributed by atoms with van der Waals surface area (Å²) in [4.78, 5) is 14.5. The Morgan fingerprint density at radius 1 is 1.17 bits per heavy atom. The zero-order chi connectivity index (χ0) is 16.9. The van der Waals surface area contributed by atoms with E-state index >= 15 is 0 Å². The highest BCUT2D eigenvalue weighted by molar-refractivity contribution is 5.95. The Labute approximate surface area is 143 Å². The van der Waals surface area contributed by atoms with E-state index in [4.69, 9.17) is 10.5 Å². The summed E-state index contributed by atoms with van der Waals surface area (Å²) in [7, 11) is 1.68. The second kappa shape index (κ2) is 7.39. The lowest BCUT2D eigenvalue weighted by Crippen LogP contribution is -2.38. The summed E-state index contributed by atoms with van der Waals surface area (Å²) < 4.78 is 5.20. The van der Waals surface area contributed by atoms with Gasteiger partial charge in [-0.1, -0.05) is 18.2 Å². The number of carbonyl (C=O) groups excluding carboxylic acids is 1. The lowest BCUT2D eigenvalue weighted by molar-refractivity contribution is 0.0690. The minimum atomic E-state index is 0.0881. The molecule has 126 valence electrons. The van der Waals surface area contributed by atoms with Gasteiger partial charge in [-0.2, -0.15) is 0 Å². The first-order chi connectivity index (χ1) is 11.7. The van der Waals surface area contributed by atoms with Gasteiger partial charge in [0.05, 0.1) is 7.11 Å². The first kappa shape index (κ1) is 16.4. The molecule has 0 radical (unpaired) electrons. The molecule has 1 saturated heterocycles. The molecule has 1 aliphatic rings. The van der Waals surface area contributed by atoms with Crippen molar-refractivity contribution in [3.05, 3.63) is 59.7 Å². The second-order valence-electron chi connectivity index (χ2n) is 6.41. The maximum Gasteiger partial charge on any atom is 0.253 e. The van der Waals surface area contributed by atoms with Crippen molar-refractivity contribution >= 4 is 11.6 Å². The molecular weight excluding hydrogens is 300 g/mol. The molecule has 1 aliphatic heterocycles. The van der Waals surface area contributed by atoms with Crippen molar-refractivity contribution in [3.63, 3.8) is 0 Å². The highest BCUT2D eigenvalue weighted by Crippen LogP contribution is 2.24. The molecule has 24 heavy (non-hydrogen) atoms. The molecule has 1 heterocycles. The van der Waals surface area contributed by atoms with Gasteiger partial charge in [-0.25, -0.2) is 0 Å². The zero-order valence-corrected chi connectivity index (χ0v) is 14.1. The fraction of sp³-hybridized carbons (Fsp3) is 0.350. The molecule has 2 aromatic carbocycles. The highest BCUT2D eigenvalue weighted by Gasteiger charge is 2.23. The molecule has 1 fully saturated rings. The molecule has 4 heteroatoms. The van der Waals surface area contributed by atoms with Crippen molar-refractivity contribution < 1.29 is 9.53 Å². The molecule has 0 bridgehead atoms. The smallest absolute Gasteiger partial charge is 0.253 e. The molecule has 1 amide bonds. The van der Waals surface area contributed by atoms with Gasteiger partial charge in [0.25, 0.3) is 5.91 Å². The summed E-state index contributed by atoms with van der Waals surface area (Å²) in [6, 6.07) is 15.5. The molecule has 3 rings (SSSR count). The van der Waals surface area contributed by atoms with Crippen molar-refractivity contribution in [3.8, 4) is 5.75 Å². The van der Waals surface area contributed by atoms with Crippen LogP contribution in [0.4, 0.5) is 5.69 Å². The maximum atomic E-state index is 12.5. The van der Waals surface area contributed by atoms with Crippen LogP contribution < -0.4 is 10.5 Å². The minimum absolute atomic E-state index is 0.0881. The molecule has 0 aromatic heterocycles. The Hall–Kier alpha value is -2.49. The van der Waals surface area contributed by atoms with E-state index in [9.17, 15) is 4.79 Å². The number of rotatable bonds is 4. The number of benzene rings is 2. The highest BCUT2D eigenvalue weighted by atomic mass is 16.5. The minimum Gasteiger partial charge on any atom is -0.497 e. The van der Waals surface area contributed by atoms with Gasteiger partial charge in [0, 0.05) is 24.3 Å². The van der Waals surface area contributed by atoms with Crippen LogP contribution in [-0.2, 0) is 6.42 Å². The van der Waals surface area contributed by atoms with Crippen LogP contribution in [0, 0.1) is 5.92 Å². The summed E-state index contributed by atoms with van der Waals surface area (Å²) >= 11 is 0. The first-order valence-corrected chi connectivity index (χ1v) is 8.43. The van der Waals surface area contributed by atoms with Gasteiger partial charge in [0.2, 0.25) is 0 Å². The lowest BCUT2D eigenvalue weighted by atomic mass is 9.90. The quantitative estimate of drug-likeness (QED) is 0.877. The third kappa shape index (κ3) is 3.88. The zero-order valence-electron chi connectivity index (χ0n) is 14.1. The van der Waals surface area contributed by atoms with Crippen LogP contribution in [0.5, 0.6) is 5.75 Å². The Morgan fingerprint density at radius 2 is 1.88 bits per heavy atom. The van der Waals surface area contributed by atoms with E-state index in [2.05, 4.69) is 12.1 Å². The monoisotopic (exact) mass is 324 g/mol. The summed E-state index contributed by atoms with van der Waals surface area (Å²) in [6.45, 7) is 1.63. The van der Waals surface area contributed by atoms with Gasteiger partial charge in [0.1, 0.15) is 5.75 Å². The molecule has 2 aromatic rings. The van der Waals surface area contributed by atoms with Crippen molar-refractivity contribution in [2.24, 2.45) is 5.92 Å². The van der Waals surface area contributed by atoms with E-state index in [1.54, 1.807) is 19.2 Å². The molecule has 0 aliphatic carbocycles. The number of piperidine rings is 1. The van der Waals surface area contributed by atoms with Crippen molar-refractivity contribution in [1.29, 1.82) is 0 Å². The molecule has 2 N–H and O–H groups in total. The predicted octanol–water partition coefficient (Wildman–Crippen LogP) is 3.37. The molecule has 0 unspecified atom stereocenters. The van der Waals surface area contributed by atoms with Crippen LogP contribution >= 0.6 is 0 Å². The fourth-order valence-corrected chi connectivity index (χ4v) is 3.29. The molecular formula is C20H24N2O2. The Balaban J connectivity index is 1.54. The molecule has 0 atom stereocenters. The van der Waals surface area contributed by atoms with Gasteiger partial charge in [-0.3, -0.25) is 4.79 Å². The topological polar surface area (TPSA) is 55.6 Å².